The van der Waals surface area contributed by atoms with Crippen molar-refractivity contribution in [3.63, 3.8) is 0 Å². The number of benzene rings is 1. The quantitative estimate of drug-likeness (QED) is 0.923. The zero-order valence-electron chi connectivity index (χ0n) is 14.6. The first-order chi connectivity index (χ1) is 12.0. The van der Waals surface area contributed by atoms with Crippen LogP contribution in [-0.4, -0.2) is 41.0 Å². The molecule has 25 heavy (non-hydrogen) atoms. The maximum Gasteiger partial charge on any atom is 0.251 e. The molecule has 1 unspecified atom stereocenters. The van der Waals surface area contributed by atoms with Crippen LogP contribution >= 0.6 is 0 Å². The minimum atomic E-state index is -0.135. The minimum Gasteiger partial charge on any atom is -0.497 e. The molecule has 6 heteroatoms. The average Bonchev–Trinajstić information content (AvgIpc) is 2.61. The summed E-state index contributed by atoms with van der Waals surface area (Å²) in [4.78, 5) is 33.5. The van der Waals surface area contributed by atoms with Gasteiger partial charge in [0.05, 0.1) is 13.5 Å². The fourth-order valence-electron chi connectivity index (χ4n) is 3.25. The molecule has 2 aromatic rings. The van der Waals surface area contributed by atoms with E-state index in [9.17, 15) is 9.59 Å². The molecule has 1 aliphatic heterocycles. The molecule has 0 spiro atoms. The summed E-state index contributed by atoms with van der Waals surface area (Å²) < 4.78 is 5.14. The number of carbonyl (C=O) groups excluding carboxylic acids is 1. The van der Waals surface area contributed by atoms with Gasteiger partial charge in [-0.2, -0.15) is 0 Å². The van der Waals surface area contributed by atoms with E-state index in [1.807, 2.05) is 36.1 Å². The van der Waals surface area contributed by atoms with Crippen LogP contribution < -0.4 is 10.3 Å². The molecule has 0 aliphatic carbocycles. The molecule has 1 N–H and O–H groups in total. The van der Waals surface area contributed by atoms with Crippen LogP contribution in [0.5, 0.6) is 5.75 Å². The van der Waals surface area contributed by atoms with Crippen LogP contribution in [-0.2, 0) is 11.2 Å². The Balaban J connectivity index is 1.67. The molecule has 3 rings (SSSR count). The lowest BCUT2D eigenvalue weighted by atomic mass is 9.96. The Morgan fingerprint density at radius 1 is 1.36 bits per heavy atom. The average molecular weight is 341 g/mol. The summed E-state index contributed by atoms with van der Waals surface area (Å²) >= 11 is 0. The number of piperidine rings is 1. The molecule has 1 saturated heterocycles. The highest BCUT2D eigenvalue weighted by Gasteiger charge is 2.26. The topological polar surface area (TPSA) is 75.3 Å². The Kier molecular flexibility index (Phi) is 5.16. The van der Waals surface area contributed by atoms with Crippen LogP contribution in [0.3, 0.4) is 0 Å². The number of nitrogens with zero attached hydrogens (tertiary/aromatic N) is 2. The van der Waals surface area contributed by atoms with E-state index in [4.69, 9.17) is 4.74 Å². The number of hydrogen-bond acceptors (Lipinski definition) is 4. The van der Waals surface area contributed by atoms with Crippen molar-refractivity contribution in [3.8, 4) is 5.75 Å². The zero-order chi connectivity index (χ0) is 17.8. The predicted molar refractivity (Wildman–Crippen MR) is 94.8 cm³/mol. The van der Waals surface area contributed by atoms with Crippen LogP contribution in [0.1, 0.15) is 35.8 Å². The van der Waals surface area contributed by atoms with Gasteiger partial charge < -0.3 is 14.6 Å². The van der Waals surface area contributed by atoms with Crippen LogP contribution in [0.4, 0.5) is 0 Å². The number of ether oxygens (including phenoxy) is 1. The maximum absolute atomic E-state index is 12.6. The van der Waals surface area contributed by atoms with Crippen LogP contribution in [0.25, 0.3) is 0 Å². The van der Waals surface area contributed by atoms with Gasteiger partial charge in [-0.15, -0.1) is 0 Å². The number of nitrogens with one attached hydrogen (secondary N) is 1. The second-order valence-corrected chi connectivity index (χ2v) is 6.48. The minimum absolute atomic E-state index is 0.0844. The number of aromatic nitrogens is 2. The molecule has 0 saturated carbocycles. The molecule has 1 fully saturated rings. The van der Waals surface area contributed by atoms with Crippen molar-refractivity contribution in [2.75, 3.05) is 20.2 Å². The zero-order valence-corrected chi connectivity index (χ0v) is 14.6. The first-order valence-corrected chi connectivity index (χ1v) is 8.53. The standard InChI is InChI=1S/C19H23N3O3/c1-13-10-17(23)21-19(20-13)15-4-3-9-22(12-15)18(24)11-14-5-7-16(25-2)8-6-14/h5-8,10,15H,3-4,9,11-12H2,1-2H3,(H,20,21,23). The van der Waals surface area contributed by atoms with Gasteiger partial charge in [0.2, 0.25) is 5.91 Å². The van der Waals surface area contributed by atoms with Gasteiger partial charge in [0.1, 0.15) is 11.6 Å². The van der Waals surface area contributed by atoms with Gasteiger partial charge in [0.25, 0.3) is 5.56 Å². The molecule has 1 atom stereocenters. The fourth-order valence-corrected chi connectivity index (χ4v) is 3.25. The van der Waals surface area contributed by atoms with Gasteiger partial charge in [0.15, 0.2) is 0 Å². The summed E-state index contributed by atoms with van der Waals surface area (Å²) in [6.45, 7) is 3.16. The number of aromatic amines is 1. The molecule has 6 nitrogen and oxygen atoms in total. The van der Waals surface area contributed by atoms with E-state index in [0.717, 1.165) is 30.7 Å². The van der Waals surface area contributed by atoms with E-state index >= 15 is 0 Å². The lowest BCUT2D eigenvalue weighted by Crippen LogP contribution is -2.40. The number of rotatable bonds is 4. The number of hydrogen-bond donors (Lipinski definition) is 1. The molecule has 1 amide bonds. The number of H-pyrrole nitrogens is 1. The molecular weight excluding hydrogens is 318 g/mol. The highest BCUT2D eigenvalue weighted by molar-refractivity contribution is 5.79. The van der Waals surface area contributed by atoms with E-state index in [1.54, 1.807) is 7.11 Å². The Bertz CT molecular complexity index is 798. The van der Waals surface area contributed by atoms with Gasteiger partial charge >= 0.3 is 0 Å². The van der Waals surface area contributed by atoms with Crippen molar-refractivity contribution in [1.82, 2.24) is 14.9 Å². The first-order valence-electron chi connectivity index (χ1n) is 8.53. The number of carbonyl (C=O) groups is 1. The molecule has 1 aliphatic rings. The van der Waals surface area contributed by atoms with Crippen LogP contribution in [0.2, 0.25) is 0 Å². The van der Waals surface area contributed by atoms with Crippen molar-refractivity contribution >= 4 is 5.91 Å². The van der Waals surface area contributed by atoms with Crippen LogP contribution in [0.15, 0.2) is 35.1 Å². The first kappa shape index (κ1) is 17.2. The molecule has 1 aromatic carbocycles. The summed E-state index contributed by atoms with van der Waals surface area (Å²) in [5.74, 6) is 1.65. The van der Waals surface area contributed by atoms with Crippen molar-refractivity contribution in [2.24, 2.45) is 0 Å². The summed E-state index contributed by atoms with van der Waals surface area (Å²) in [6.07, 6.45) is 2.21. The van der Waals surface area contributed by atoms with Crippen molar-refractivity contribution in [1.29, 1.82) is 0 Å². The lowest BCUT2D eigenvalue weighted by molar-refractivity contribution is -0.131. The molecule has 0 radical (unpaired) electrons. The summed E-state index contributed by atoms with van der Waals surface area (Å²) in [7, 11) is 1.62. The third-order valence-corrected chi connectivity index (χ3v) is 4.56. The van der Waals surface area contributed by atoms with Crippen LogP contribution in [0, 0.1) is 6.92 Å². The molecule has 0 bridgehead atoms. The van der Waals surface area contributed by atoms with Gasteiger partial charge in [-0.05, 0) is 37.5 Å². The summed E-state index contributed by atoms with van der Waals surface area (Å²) in [5.41, 5.74) is 1.54. The van der Waals surface area contributed by atoms with Crippen molar-refractivity contribution in [3.05, 3.63) is 57.8 Å². The van der Waals surface area contributed by atoms with Crippen molar-refractivity contribution in [2.45, 2.75) is 32.1 Å². The van der Waals surface area contributed by atoms with E-state index in [0.29, 0.717) is 24.5 Å². The summed E-state index contributed by atoms with van der Waals surface area (Å²) in [5, 5.41) is 0. The third-order valence-electron chi connectivity index (χ3n) is 4.56. The second-order valence-electron chi connectivity index (χ2n) is 6.48. The van der Waals surface area contributed by atoms with E-state index in [-0.39, 0.29) is 17.4 Å². The van der Waals surface area contributed by atoms with Gasteiger partial charge in [-0.1, -0.05) is 12.1 Å². The van der Waals surface area contributed by atoms with Gasteiger partial charge in [-0.3, -0.25) is 9.59 Å². The van der Waals surface area contributed by atoms with Gasteiger partial charge in [0, 0.05) is 30.8 Å². The highest BCUT2D eigenvalue weighted by atomic mass is 16.5. The van der Waals surface area contributed by atoms with E-state index < -0.39 is 0 Å². The molecule has 1 aromatic heterocycles. The Labute approximate surface area is 146 Å². The predicted octanol–water partition coefficient (Wildman–Crippen LogP) is 2.04. The second kappa shape index (κ2) is 7.51. The lowest BCUT2D eigenvalue weighted by Gasteiger charge is -2.32. The summed E-state index contributed by atoms with van der Waals surface area (Å²) in [6, 6.07) is 9.04. The van der Waals surface area contributed by atoms with Gasteiger partial charge in [-0.25, -0.2) is 4.98 Å². The molecular formula is C19H23N3O3. The van der Waals surface area contributed by atoms with E-state index in [1.165, 1.54) is 6.07 Å². The monoisotopic (exact) mass is 341 g/mol. The Hall–Kier alpha value is -2.63. The van der Waals surface area contributed by atoms with E-state index in [2.05, 4.69) is 9.97 Å². The third kappa shape index (κ3) is 4.26. The fraction of sp³-hybridized carbons (Fsp3) is 0.421. The smallest absolute Gasteiger partial charge is 0.251 e. The largest absolute Gasteiger partial charge is 0.497 e. The molecule has 2 heterocycles. The number of methoxy groups -OCH3 is 1. The SMILES string of the molecule is COc1ccc(CC(=O)N2CCCC(c3nc(C)cc(=O)[nH]3)C2)cc1. The number of aryl methyl sites for hydroxylation is 1. The normalized spacial score (nSPS) is 17.4. The Morgan fingerprint density at radius 2 is 2.12 bits per heavy atom. The maximum atomic E-state index is 12.6. The number of likely N-dealkylation sites (tertiary alicyclic amines) is 1. The molecule has 132 valence electrons. The van der Waals surface area contributed by atoms with Crippen molar-refractivity contribution < 1.29 is 9.53 Å². The highest BCUT2D eigenvalue weighted by Crippen LogP contribution is 2.24. The number of amides is 1. The Morgan fingerprint density at radius 3 is 2.80 bits per heavy atom.